The summed E-state index contributed by atoms with van der Waals surface area (Å²) >= 11 is 0. The van der Waals surface area contributed by atoms with E-state index in [0.717, 1.165) is 0 Å². The molecule has 4 N–H and O–H groups in total. The molecule has 0 bridgehead atoms. The SMILES string of the molecule is Cc1cn([C@@H]2C[C@@H](O)[C@@H](CN)O2)c(=O)[nH]c1=O. The lowest BCUT2D eigenvalue weighted by molar-refractivity contribution is -0.0152. The lowest BCUT2D eigenvalue weighted by Gasteiger charge is -2.14. The van der Waals surface area contributed by atoms with Gasteiger partial charge in [-0.15, -0.1) is 0 Å². The molecule has 17 heavy (non-hydrogen) atoms. The van der Waals surface area contributed by atoms with Crippen molar-refractivity contribution in [1.82, 2.24) is 9.55 Å². The number of hydrogen-bond acceptors (Lipinski definition) is 5. The molecule has 1 saturated heterocycles. The van der Waals surface area contributed by atoms with E-state index in [1.165, 1.54) is 10.8 Å². The van der Waals surface area contributed by atoms with Gasteiger partial charge in [0.2, 0.25) is 0 Å². The topological polar surface area (TPSA) is 110 Å². The Hall–Kier alpha value is -1.44. The van der Waals surface area contributed by atoms with E-state index in [1.807, 2.05) is 0 Å². The number of aromatic amines is 1. The molecule has 0 saturated carbocycles. The van der Waals surface area contributed by atoms with Gasteiger partial charge >= 0.3 is 5.69 Å². The van der Waals surface area contributed by atoms with Crippen molar-refractivity contribution in [3.05, 3.63) is 32.6 Å². The lowest BCUT2D eigenvalue weighted by Crippen LogP contribution is -2.33. The van der Waals surface area contributed by atoms with Crippen molar-refractivity contribution >= 4 is 0 Å². The second kappa shape index (κ2) is 4.44. The number of nitrogens with two attached hydrogens (primary N) is 1. The summed E-state index contributed by atoms with van der Waals surface area (Å²) in [7, 11) is 0. The highest BCUT2D eigenvalue weighted by atomic mass is 16.5. The largest absolute Gasteiger partial charge is 0.390 e. The molecule has 0 spiro atoms. The van der Waals surface area contributed by atoms with Gasteiger partial charge in [-0.25, -0.2) is 4.79 Å². The zero-order valence-corrected chi connectivity index (χ0v) is 9.42. The highest BCUT2D eigenvalue weighted by Gasteiger charge is 2.34. The van der Waals surface area contributed by atoms with Crippen LogP contribution in [0.2, 0.25) is 0 Å². The molecule has 2 rings (SSSR count). The van der Waals surface area contributed by atoms with Crippen molar-refractivity contribution in [1.29, 1.82) is 0 Å². The van der Waals surface area contributed by atoms with E-state index in [1.54, 1.807) is 6.92 Å². The number of aliphatic hydroxyl groups is 1. The molecule has 1 fully saturated rings. The number of nitrogens with one attached hydrogen (secondary N) is 1. The first-order valence-electron chi connectivity index (χ1n) is 5.38. The standard InChI is InChI=1S/C10H15N3O4/c1-5-4-13(10(16)12-9(5)15)8-2-6(14)7(3-11)17-8/h4,6-8,14H,2-3,11H2,1H3,(H,12,15,16)/t6-,7-,8+/m1/s1. The summed E-state index contributed by atoms with van der Waals surface area (Å²) in [5.74, 6) is 0. The average Bonchev–Trinajstić information content (AvgIpc) is 2.65. The molecular formula is C10H15N3O4. The second-order valence-corrected chi connectivity index (χ2v) is 4.15. The van der Waals surface area contributed by atoms with Crippen LogP contribution in [0.3, 0.4) is 0 Å². The third kappa shape index (κ3) is 2.17. The molecule has 3 atom stereocenters. The quantitative estimate of drug-likeness (QED) is 0.580. The van der Waals surface area contributed by atoms with Crippen LogP contribution < -0.4 is 17.0 Å². The van der Waals surface area contributed by atoms with Crippen LogP contribution in [0.25, 0.3) is 0 Å². The van der Waals surface area contributed by atoms with Gasteiger partial charge in [0.1, 0.15) is 6.23 Å². The van der Waals surface area contributed by atoms with Gasteiger partial charge in [0.15, 0.2) is 0 Å². The van der Waals surface area contributed by atoms with E-state index < -0.39 is 29.7 Å². The molecule has 0 aliphatic carbocycles. The van der Waals surface area contributed by atoms with Crippen LogP contribution >= 0.6 is 0 Å². The van der Waals surface area contributed by atoms with Gasteiger partial charge in [0.25, 0.3) is 5.56 Å². The number of ether oxygens (including phenoxy) is 1. The first-order valence-corrected chi connectivity index (χ1v) is 5.38. The summed E-state index contributed by atoms with van der Waals surface area (Å²) in [6, 6.07) is 0. The fourth-order valence-corrected chi connectivity index (χ4v) is 1.90. The van der Waals surface area contributed by atoms with Crippen LogP contribution in [0.4, 0.5) is 0 Å². The Morgan fingerprint density at radius 3 is 2.94 bits per heavy atom. The Kier molecular flexibility index (Phi) is 3.14. The molecular weight excluding hydrogens is 226 g/mol. The van der Waals surface area contributed by atoms with E-state index in [-0.39, 0.29) is 13.0 Å². The number of aryl methyl sites for hydroxylation is 1. The summed E-state index contributed by atoms with van der Waals surface area (Å²) in [5.41, 5.74) is 4.88. The van der Waals surface area contributed by atoms with Gasteiger partial charge in [-0.3, -0.25) is 14.3 Å². The monoisotopic (exact) mass is 241 g/mol. The zero-order chi connectivity index (χ0) is 12.6. The summed E-state index contributed by atoms with van der Waals surface area (Å²) in [6.45, 7) is 1.79. The number of nitrogens with zero attached hydrogens (tertiary/aromatic N) is 1. The number of aliphatic hydroxyl groups excluding tert-OH is 1. The molecule has 0 aromatic carbocycles. The number of aromatic nitrogens is 2. The highest BCUT2D eigenvalue weighted by Crippen LogP contribution is 2.26. The fourth-order valence-electron chi connectivity index (χ4n) is 1.90. The van der Waals surface area contributed by atoms with Crippen LogP contribution in [-0.2, 0) is 4.74 Å². The van der Waals surface area contributed by atoms with Crippen molar-refractivity contribution in [3.8, 4) is 0 Å². The molecule has 1 aliphatic rings. The fraction of sp³-hybridized carbons (Fsp3) is 0.600. The van der Waals surface area contributed by atoms with Gasteiger partial charge in [0.05, 0.1) is 12.2 Å². The van der Waals surface area contributed by atoms with Crippen molar-refractivity contribution in [3.63, 3.8) is 0 Å². The Morgan fingerprint density at radius 1 is 1.65 bits per heavy atom. The van der Waals surface area contributed by atoms with Crippen LogP contribution in [0.5, 0.6) is 0 Å². The van der Waals surface area contributed by atoms with E-state index >= 15 is 0 Å². The summed E-state index contributed by atoms with van der Waals surface area (Å²) in [6.07, 6.45) is -0.0325. The van der Waals surface area contributed by atoms with Gasteiger partial charge < -0.3 is 15.6 Å². The van der Waals surface area contributed by atoms with Crippen molar-refractivity contribution in [2.45, 2.75) is 31.8 Å². The summed E-state index contributed by atoms with van der Waals surface area (Å²) in [5, 5.41) is 9.64. The first kappa shape index (κ1) is 12.0. The van der Waals surface area contributed by atoms with Crippen LogP contribution in [0.1, 0.15) is 18.2 Å². The highest BCUT2D eigenvalue weighted by molar-refractivity contribution is 5.02. The minimum Gasteiger partial charge on any atom is -0.390 e. The van der Waals surface area contributed by atoms with Crippen molar-refractivity contribution in [2.24, 2.45) is 5.73 Å². The first-order chi connectivity index (χ1) is 8.02. The Labute approximate surface area is 96.8 Å². The molecule has 2 heterocycles. The van der Waals surface area contributed by atoms with Crippen LogP contribution in [0.15, 0.2) is 15.8 Å². The summed E-state index contributed by atoms with van der Waals surface area (Å²) < 4.78 is 6.72. The minimum atomic E-state index is -0.691. The zero-order valence-electron chi connectivity index (χ0n) is 9.42. The number of rotatable bonds is 2. The molecule has 1 aromatic heterocycles. The number of hydrogen-bond donors (Lipinski definition) is 3. The maximum Gasteiger partial charge on any atom is 0.330 e. The number of H-pyrrole nitrogens is 1. The van der Waals surface area contributed by atoms with Crippen molar-refractivity contribution < 1.29 is 9.84 Å². The third-order valence-corrected chi connectivity index (χ3v) is 2.89. The van der Waals surface area contributed by atoms with Gasteiger partial charge in [-0.2, -0.15) is 0 Å². The maximum absolute atomic E-state index is 11.6. The van der Waals surface area contributed by atoms with Gasteiger partial charge in [-0.05, 0) is 6.92 Å². The smallest absolute Gasteiger partial charge is 0.330 e. The predicted octanol–water partition coefficient (Wildman–Crippen LogP) is -1.55. The maximum atomic E-state index is 11.6. The van der Waals surface area contributed by atoms with Gasteiger partial charge in [0, 0.05) is 24.7 Å². The third-order valence-electron chi connectivity index (χ3n) is 2.89. The Bertz CT molecular complexity index is 521. The lowest BCUT2D eigenvalue weighted by atomic mass is 10.2. The van der Waals surface area contributed by atoms with Crippen molar-refractivity contribution in [2.75, 3.05) is 6.54 Å². The van der Waals surface area contributed by atoms with E-state index in [4.69, 9.17) is 10.5 Å². The van der Waals surface area contributed by atoms with E-state index in [2.05, 4.69) is 4.98 Å². The Morgan fingerprint density at radius 2 is 2.35 bits per heavy atom. The molecule has 94 valence electrons. The molecule has 1 aromatic rings. The van der Waals surface area contributed by atoms with Gasteiger partial charge in [-0.1, -0.05) is 0 Å². The minimum absolute atomic E-state index is 0.189. The molecule has 0 radical (unpaired) electrons. The molecule has 0 unspecified atom stereocenters. The molecule has 1 aliphatic heterocycles. The normalized spacial score (nSPS) is 28.5. The second-order valence-electron chi connectivity index (χ2n) is 4.15. The average molecular weight is 241 g/mol. The predicted molar refractivity (Wildman–Crippen MR) is 59.6 cm³/mol. The van der Waals surface area contributed by atoms with Crippen LogP contribution in [0, 0.1) is 6.92 Å². The van der Waals surface area contributed by atoms with Crippen LogP contribution in [-0.4, -0.2) is 33.4 Å². The van der Waals surface area contributed by atoms with E-state index in [9.17, 15) is 14.7 Å². The summed E-state index contributed by atoms with van der Waals surface area (Å²) in [4.78, 5) is 25.0. The molecule has 7 heteroatoms. The molecule has 0 amide bonds. The molecule has 7 nitrogen and oxygen atoms in total. The Balaban J connectivity index is 2.34. The van der Waals surface area contributed by atoms with E-state index in [0.29, 0.717) is 5.56 Å².